The number of carbonyl (C=O) groups excluding carboxylic acids is 4. The Bertz CT molecular complexity index is 1490. The Morgan fingerprint density at radius 3 is 2.66 bits per heavy atom. The summed E-state index contributed by atoms with van der Waals surface area (Å²) in [6.07, 6.45) is 7.42. The van der Waals surface area contributed by atoms with E-state index in [1.807, 2.05) is 12.2 Å². The van der Waals surface area contributed by atoms with Gasteiger partial charge in [-0.3, -0.25) is 14.5 Å². The molecule has 12 heteroatoms. The Labute approximate surface area is 257 Å². The number of sulfone groups is 1. The van der Waals surface area contributed by atoms with Crippen LogP contribution >= 0.6 is 0 Å². The number of hydrogen-bond acceptors (Lipinski definition) is 7. The number of fused-ring (bicyclic) bond motifs is 3. The zero-order valence-corrected chi connectivity index (χ0v) is 25.9. The Hall–Kier alpha value is -3.28. The predicted octanol–water partition coefficient (Wildman–Crippen LogP) is 4.01. The van der Waals surface area contributed by atoms with E-state index in [9.17, 15) is 32.0 Å². The Morgan fingerprint density at radius 1 is 1.11 bits per heavy atom. The first-order chi connectivity index (χ1) is 21.0. The van der Waals surface area contributed by atoms with Crippen LogP contribution in [0.4, 0.5) is 14.0 Å². The van der Waals surface area contributed by atoms with E-state index < -0.39 is 50.3 Å². The highest BCUT2D eigenvalue weighted by Crippen LogP contribution is 2.58. The van der Waals surface area contributed by atoms with Crippen molar-refractivity contribution in [2.24, 2.45) is 11.3 Å². The van der Waals surface area contributed by atoms with Gasteiger partial charge in [0, 0.05) is 44.0 Å². The molecule has 2 aliphatic carbocycles. The molecule has 238 valence electrons. The van der Waals surface area contributed by atoms with E-state index in [1.54, 1.807) is 24.1 Å². The van der Waals surface area contributed by atoms with E-state index in [0.29, 0.717) is 36.9 Å². The molecule has 3 aliphatic heterocycles. The zero-order valence-electron chi connectivity index (χ0n) is 25.1. The van der Waals surface area contributed by atoms with Gasteiger partial charge in [0.15, 0.2) is 21.4 Å². The molecule has 10 nitrogen and oxygen atoms in total. The molecule has 1 saturated heterocycles. The number of amides is 3. The van der Waals surface area contributed by atoms with Gasteiger partial charge in [-0.2, -0.15) is 0 Å². The highest BCUT2D eigenvalue weighted by atomic mass is 32.2. The summed E-state index contributed by atoms with van der Waals surface area (Å²) < 4.78 is 45.5. The highest BCUT2D eigenvalue weighted by Gasteiger charge is 2.61. The summed E-state index contributed by atoms with van der Waals surface area (Å²) in [6.45, 7) is 0.799. The molecule has 5 aliphatic rings. The molecule has 0 spiro atoms. The number of hydrogen-bond donors (Lipinski definition) is 0. The van der Waals surface area contributed by atoms with Crippen molar-refractivity contribution in [1.29, 1.82) is 0 Å². The predicted molar refractivity (Wildman–Crippen MR) is 159 cm³/mol. The second-order valence-corrected chi connectivity index (χ2v) is 15.4. The van der Waals surface area contributed by atoms with Crippen LogP contribution in [0.2, 0.25) is 0 Å². The van der Waals surface area contributed by atoms with Gasteiger partial charge in [-0.25, -0.2) is 22.4 Å². The molecule has 3 fully saturated rings. The Morgan fingerprint density at radius 2 is 1.91 bits per heavy atom. The summed E-state index contributed by atoms with van der Waals surface area (Å²) in [5, 5.41) is -0.470. The maximum absolute atomic E-state index is 14.3. The van der Waals surface area contributed by atoms with Crippen LogP contribution in [0.15, 0.2) is 30.4 Å². The number of allylic oxidation sites excluding steroid dienone is 2. The molecule has 3 amide bonds. The maximum atomic E-state index is 14.3. The number of nitrogens with zero attached hydrogens (tertiary/aromatic N) is 3. The van der Waals surface area contributed by atoms with Crippen LogP contribution in [0.25, 0.3) is 0 Å². The van der Waals surface area contributed by atoms with Gasteiger partial charge in [0.1, 0.15) is 17.7 Å². The highest BCUT2D eigenvalue weighted by molar-refractivity contribution is 7.93. The van der Waals surface area contributed by atoms with Gasteiger partial charge in [-0.15, -0.1) is 0 Å². The Balaban J connectivity index is 1.20. The maximum Gasteiger partial charge on any atom is 0.410 e. The molecule has 0 N–H and O–H groups in total. The van der Waals surface area contributed by atoms with Crippen LogP contribution in [-0.2, 0) is 37.3 Å². The molecule has 6 rings (SSSR count). The molecule has 0 radical (unpaired) electrons. The van der Waals surface area contributed by atoms with E-state index in [2.05, 4.69) is 0 Å². The summed E-state index contributed by atoms with van der Waals surface area (Å²) >= 11 is 0. The minimum atomic E-state index is -3.56. The molecule has 3 heterocycles. The topological polar surface area (TPSA) is 121 Å². The van der Waals surface area contributed by atoms with Crippen molar-refractivity contribution in [2.45, 2.75) is 88.3 Å². The number of ether oxygens (including phenoxy) is 1. The summed E-state index contributed by atoms with van der Waals surface area (Å²) in [5.41, 5.74) is 0.0539. The lowest BCUT2D eigenvalue weighted by Gasteiger charge is -2.29. The fourth-order valence-electron chi connectivity index (χ4n) is 7.00. The molecular weight excluding hydrogens is 589 g/mol. The van der Waals surface area contributed by atoms with Crippen molar-refractivity contribution in [1.82, 2.24) is 14.7 Å². The zero-order chi connectivity index (χ0) is 31.2. The normalized spacial score (nSPS) is 30.1. The van der Waals surface area contributed by atoms with Gasteiger partial charge >= 0.3 is 12.1 Å². The lowest BCUT2D eigenvalue weighted by molar-refractivity contribution is -0.130. The number of carbonyl (C=O) groups is 4. The van der Waals surface area contributed by atoms with Gasteiger partial charge in [-0.1, -0.05) is 30.7 Å². The Kier molecular flexibility index (Phi) is 8.32. The minimum Gasteiger partial charge on any atom is -0.444 e. The van der Waals surface area contributed by atoms with Crippen molar-refractivity contribution >= 4 is 33.5 Å². The monoisotopic (exact) mass is 629 g/mol. The second kappa shape index (κ2) is 11.9. The number of Topliss-reactive ketones (excluding diaryl/α,β-unsaturated/α-hetero) is 2. The van der Waals surface area contributed by atoms with E-state index in [0.717, 1.165) is 25.7 Å². The van der Waals surface area contributed by atoms with E-state index in [4.69, 9.17) is 4.74 Å². The SMILES string of the molecule is CN1CCCCC/C=C\[C@@H]2C[C@@]2(C(=O)CS(=O)(=O)C2CC2)CC(=O)[C@@H]2CC(OC(=O)N3Cc4cccc(F)c4C3)CN2C1=O. The van der Waals surface area contributed by atoms with Crippen LogP contribution in [0, 0.1) is 17.2 Å². The molecule has 44 heavy (non-hydrogen) atoms. The molecule has 1 aromatic carbocycles. The van der Waals surface area contributed by atoms with E-state index >= 15 is 0 Å². The third kappa shape index (κ3) is 6.14. The van der Waals surface area contributed by atoms with Crippen LogP contribution in [0.1, 0.15) is 68.9 Å². The van der Waals surface area contributed by atoms with Crippen molar-refractivity contribution in [3.63, 3.8) is 0 Å². The first-order valence-corrected chi connectivity index (χ1v) is 17.4. The fourth-order valence-corrected chi connectivity index (χ4v) is 8.74. The lowest BCUT2D eigenvalue weighted by atomic mass is 9.89. The number of halogens is 1. The number of rotatable bonds is 5. The first kappa shape index (κ1) is 30.7. The van der Waals surface area contributed by atoms with Crippen LogP contribution in [0.5, 0.6) is 0 Å². The smallest absolute Gasteiger partial charge is 0.410 e. The molecule has 2 saturated carbocycles. The van der Waals surface area contributed by atoms with E-state index in [1.165, 1.54) is 15.9 Å². The number of benzene rings is 1. The third-order valence-electron chi connectivity index (χ3n) is 9.93. The van der Waals surface area contributed by atoms with Gasteiger partial charge in [0.2, 0.25) is 0 Å². The van der Waals surface area contributed by atoms with Crippen molar-refractivity contribution in [2.75, 3.05) is 25.9 Å². The van der Waals surface area contributed by atoms with Crippen LogP contribution in [-0.4, -0.2) is 90.1 Å². The molecule has 1 unspecified atom stereocenters. The second-order valence-electron chi connectivity index (χ2n) is 13.2. The van der Waals surface area contributed by atoms with Crippen molar-refractivity contribution in [3.05, 3.63) is 47.3 Å². The molecular formula is C32H40FN3O7S. The molecule has 4 atom stereocenters. The van der Waals surface area contributed by atoms with Gasteiger partial charge in [0.25, 0.3) is 0 Å². The summed E-state index contributed by atoms with van der Waals surface area (Å²) in [6, 6.07) is 3.44. The molecule has 1 aromatic rings. The number of urea groups is 1. The average molecular weight is 630 g/mol. The van der Waals surface area contributed by atoms with Gasteiger partial charge in [0.05, 0.1) is 24.4 Å². The summed E-state index contributed by atoms with van der Waals surface area (Å²) in [5.74, 6) is -1.93. The van der Waals surface area contributed by atoms with E-state index in [-0.39, 0.29) is 56.0 Å². The molecule has 0 bridgehead atoms. The summed E-state index contributed by atoms with van der Waals surface area (Å²) in [7, 11) is -1.88. The quantitative estimate of drug-likeness (QED) is 0.451. The summed E-state index contributed by atoms with van der Waals surface area (Å²) in [4.78, 5) is 58.7. The van der Waals surface area contributed by atoms with Crippen LogP contribution in [0.3, 0.4) is 0 Å². The van der Waals surface area contributed by atoms with Crippen molar-refractivity contribution in [3.8, 4) is 0 Å². The molecule has 0 aromatic heterocycles. The van der Waals surface area contributed by atoms with Crippen molar-refractivity contribution < 1.29 is 36.7 Å². The first-order valence-electron chi connectivity index (χ1n) is 15.7. The average Bonchev–Trinajstić information content (AvgIpc) is 3.86. The number of ketones is 2. The fraction of sp³-hybridized carbons (Fsp3) is 0.625. The van der Waals surface area contributed by atoms with Gasteiger partial charge in [-0.05, 0) is 56.1 Å². The van der Waals surface area contributed by atoms with Crippen LogP contribution < -0.4 is 0 Å². The minimum absolute atomic E-state index is 0.0147. The van der Waals surface area contributed by atoms with Gasteiger partial charge < -0.3 is 14.5 Å². The standard InChI is InChI=1S/C32H40FN3O7S/c1-34-13-6-4-2-3-5-9-22-15-32(22,29(38)20-44(41,42)24-11-12-24)16-28(37)27-14-23(18-36(27)30(34)39)43-31(40)35-17-21-8-7-10-26(33)25(21)19-35/h5,7-10,22-24,27H,2-4,6,11-20H2,1H3/b9-5-/t22-,23?,27+,32-/m1/s1. The third-order valence-corrected chi connectivity index (χ3v) is 12.1. The largest absolute Gasteiger partial charge is 0.444 e. The lowest BCUT2D eigenvalue weighted by Crippen LogP contribution is -2.48.